The summed E-state index contributed by atoms with van der Waals surface area (Å²) in [6, 6.07) is 17.5. The number of benzene rings is 3. The van der Waals surface area contributed by atoms with Gasteiger partial charge in [-0.1, -0.05) is 48.4 Å². The smallest absolute Gasteiger partial charge is 0.255 e. The second kappa shape index (κ2) is 10.6. The fraction of sp³-hybridized carbons (Fsp3) is 0.231. The molecule has 182 valence electrons. The number of ketones is 1. The van der Waals surface area contributed by atoms with E-state index >= 15 is 0 Å². The molecule has 35 heavy (non-hydrogen) atoms. The van der Waals surface area contributed by atoms with Crippen LogP contribution in [0.25, 0.3) is 0 Å². The Kier molecular flexibility index (Phi) is 7.54. The van der Waals surface area contributed by atoms with E-state index < -0.39 is 15.9 Å². The molecule has 7 nitrogen and oxygen atoms in total. The van der Waals surface area contributed by atoms with Crippen LogP contribution in [-0.4, -0.2) is 44.6 Å². The average molecular weight is 513 g/mol. The summed E-state index contributed by atoms with van der Waals surface area (Å²) in [7, 11) is -2.45. The summed E-state index contributed by atoms with van der Waals surface area (Å²) >= 11 is 6.13. The number of ether oxygens (including phenoxy) is 1. The van der Waals surface area contributed by atoms with Gasteiger partial charge in [0.2, 0.25) is 10.0 Å². The second-order valence-electron chi connectivity index (χ2n) is 8.17. The van der Waals surface area contributed by atoms with Gasteiger partial charge in [-0.3, -0.25) is 9.59 Å². The highest BCUT2D eigenvalue weighted by atomic mass is 35.5. The monoisotopic (exact) mass is 512 g/mol. The van der Waals surface area contributed by atoms with Crippen LogP contribution in [0.3, 0.4) is 0 Å². The molecule has 0 aliphatic carbocycles. The van der Waals surface area contributed by atoms with Gasteiger partial charge in [0.25, 0.3) is 5.91 Å². The van der Waals surface area contributed by atoms with Crippen molar-refractivity contribution >= 4 is 39.0 Å². The quantitative estimate of drug-likeness (QED) is 0.449. The van der Waals surface area contributed by atoms with E-state index in [0.717, 1.165) is 19.3 Å². The SMILES string of the molecule is COc1ccc(C(=O)Nc2ccc(Cl)cc2C(=O)c2ccccc2)cc1S(=O)(=O)N1CCCCC1. The lowest BCUT2D eigenvalue weighted by atomic mass is 10.0. The maximum Gasteiger partial charge on any atom is 0.255 e. The minimum absolute atomic E-state index is 0.0637. The van der Waals surface area contributed by atoms with Gasteiger partial charge in [-0.05, 0) is 49.2 Å². The van der Waals surface area contributed by atoms with Crippen molar-refractivity contribution < 1.29 is 22.7 Å². The number of rotatable bonds is 7. The summed E-state index contributed by atoms with van der Waals surface area (Å²) < 4.78 is 33.3. The van der Waals surface area contributed by atoms with Crippen LogP contribution in [0.15, 0.2) is 71.6 Å². The van der Waals surface area contributed by atoms with Gasteiger partial charge in [-0.2, -0.15) is 4.31 Å². The van der Waals surface area contributed by atoms with Crippen molar-refractivity contribution in [2.75, 3.05) is 25.5 Å². The van der Waals surface area contributed by atoms with Crippen molar-refractivity contribution in [3.8, 4) is 5.75 Å². The molecule has 1 heterocycles. The molecule has 0 unspecified atom stereocenters. The Morgan fingerprint density at radius 2 is 1.63 bits per heavy atom. The van der Waals surface area contributed by atoms with Gasteiger partial charge < -0.3 is 10.1 Å². The highest BCUT2D eigenvalue weighted by molar-refractivity contribution is 7.89. The maximum absolute atomic E-state index is 13.3. The van der Waals surface area contributed by atoms with Gasteiger partial charge >= 0.3 is 0 Å². The average Bonchev–Trinajstić information content (AvgIpc) is 2.89. The number of carbonyl (C=O) groups is 2. The summed E-state index contributed by atoms with van der Waals surface area (Å²) in [5.41, 5.74) is 1.07. The molecule has 3 aromatic rings. The highest BCUT2D eigenvalue weighted by Crippen LogP contribution is 2.30. The number of sulfonamides is 1. The molecule has 4 rings (SSSR count). The molecule has 0 saturated carbocycles. The Labute approximate surface area is 209 Å². The summed E-state index contributed by atoms with van der Waals surface area (Å²) in [5, 5.41) is 3.08. The third kappa shape index (κ3) is 5.40. The molecule has 0 bridgehead atoms. The van der Waals surface area contributed by atoms with Gasteiger partial charge in [0.1, 0.15) is 10.6 Å². The molecule has 3 aromatic carbocycles. The van der Waals surface area contributed by atoms with Gasteiger partial charge in [-0.25, -0.2) is 8.42 Å². The third-order valence-corrected chi connectivity index (χ3v) is 8.02. The second-order valence-corrected chi connectivity index (χ2v) is 10.5. The molecule has 1 N–H and O–H groups in total. The molecule has 0 aromatic heterocycles. The van der Waals surface area contributed by atoms with E-state index in [-0.39, 0.29) is 33.2 Å². The van der Waals surface area contributed by atoms with E-state index in [2.05, 4.69) is 5.32 Å². The number of carbonyl (C=O) groups excluding carboxylic acids is 2. The molecule has 1 saturated heterocycles. The zero-order chi connectivity index (χ0) is 25.0. The van der Waals surface area contributed by atoms with E-state index in [9.17, 15) is 18.0 Å². The first-order valence-electron chi connectivity index (χ1n) is 11.2. The molecular formula is C26H25ClN2O5S. The minimum atomic E-state index is -3.84. The van der Waals surface area contributed by atoms with Crippen LogP contribution in [0.2, 0.25) is 5.02 Å². The molecule has 9 heteroatoms. The first-order valence-corrected chi connectivity index (χ1v) is 13.0. The topological polar surface area (TPSA) is 92.8 Å². The van der Waals surface area contributed by atoms with Crippen LogP contribution in [0.4, 0.5) is 5.69 Å². The fourth-order valence-corrected chi connectivity index (χ4v) is 5.89. The van der Waals surface area contributed by atoms with Crippen LogP contribution >= 0.6 is 11.6 Å². The summed E-state index contributed by atoms with van der Waals surface area (Å²) in [6.07, 6.45) is 2.56. The largest absolute Gasteiger partial charge is 0.495 e. The van der Waals surface area contributed by atoms with Crippen LogP contribution in [0, 0.1) is 0 Å². The lowest BCUT2D eigenvalue weighted by Crippen LogP contribution is -2.35. The Hall–Kier alpha value is -3.20. The van der Waals surface area contributed by atoms with Crippen LogP contribution < -0.4 is 10.1 Å². The Morgan fingerprint density at radius 3 is 2.31 bits per heavy atom. The molecule has 1 aliphatic heterocycles. The van der Waals surface area contributed by atoms with Crippen LogP contribution in [0.5, 0.6) is 5.75 Å². The van der Waals surface area contributed by atoms with Crippen molar-refractivity contribution in [1.29, 1.82) is 0 Å². The van der Waals surface area contributed by atoms with E-state index in [0.29, 0.717) is 23.7 Å². The molecule has 0 spiro atoms. The predicted molar refractivity (Wildman–Crippen MR) is 135 cm³/mol. The minimum Gasteiger partial charge on any atom is -0.495 e. The first kappa shape index (κ1) is 24.9. The Morgan fingerprint density at radius 1 is 0.914 bits per heavy atom. The molecule has 0 radical (unpaired) electrons. The predicted octanol–water partition coefficient (Wildman–Crippen LogP) is 5.01. The lowest BCUT2D eigenvalue weighted by Gasteiger charge is -2.26. The summed E-state index contributed by atoms with van der Waals surface area (Å²) in [4.78, 5) is 26.2. The zero-order valence-corrected chi connectivity index (χ0v) is 20.7. The molecule has 0 atom stereocenters. The number of nitrogens with zero attached hydrogens (tertiary/aromatic N) is 1. The Balaban J connectivity index is 1.66. The van der Waals surface area contributed by atoms with Gasteiger partial charge in [-0.15, -0.1) is 0 Å². The number of hydrogen-bond donors (Lipinski definition) is 1. The van der Waals surface area contributed by atoms with E-state index in [1.54, 1.807) is 42.5 Å². The Bertz CT molecular complexity index is 1350. The third-order valence-electron chi connectivity index (χ3n) is 5.87. The number of anilines is 1. The van der Waals surface area contributed by atoms with Crippen molar-refractivity contribution in [3.63, 3.8) is 0 Å². The highest BCUT2D eigenvalue weighted by Gasteiger charge is 2.30. The first-order chi connectivity index (χ1) is 16.8. The fourth-order valence-electron chi connectivity index (χ4n) is 4.02. The van der Waals surface area contributed by atoms with E-state index in [4.69, 9.17) is 16.3 Å². The van der Waals surface area contributed by atoms with Crippen molar-refractivity contribution in [2.45, 2.75) is 24.2 Å². The van der Waals surface area contributed by atoms with Crippen LogP contribution in [0.1, 0.15) is 45.5 Å². The summed E-state index contributed by atoms with van der Waals surface area (Å²) in [6.45, 7) is 0.856. The number of nitrogens with one attached hydrogen (secondary N) is 1. The van der Waals surface area contributed by atoms with Crippen molar-refractivity contribution in [3.05, 3.63) is 88.4 Å². The number of amides is 1. The number of halogens is 1. The van der Waals surface area contributed by atoms with Gasteiger partial charge in [0.05, 0.1) is 12.8 Å². The standard InChI is InChI=1S/C26H25ClN2O5S/c1-34-23-13-10-19(16-24(23)35(32,33)29-14-6-3-7-15-29)26(31)28-22-12-11-20(27)17-21(22)25(30)18-8-4-2-5-9-18/h2,4-5,8-13,16-17H,3,6-7,14-15H2,1H3,(H,28,31). The molecular weight excluding hydrogens is 488 g/mol. The molecule has 1 amide bonds. The molecule has 1 aliphatic rings. The summed E-state index contributed by atoms with van der Waals surface area (Å²) in [5.74, 6) is -0.697. The normalized spacial score (nSPS) is 14.3. The van der Waals surface area contributed by atoms with Crippen LogP contribution in [-0.2, 0) is 10.0 Å². The van der Waals surface area contributed by atoms with Crippen molar-refractivity contribution in [1.82, 2.24) is 4.31 Å². The zero-order valence-electron chi connectivity index (χ0n) is 19.2. The maximum atomic E-state index is 13.3. The van der Waals surface area contributed by atoms with Crippen molar-refractivity contribution in [2.24, 2.45) is 0 Å². The number of hydrogen-bond acceptors (Lipinski definition) is 5. The van der Waals surface area contributed by atoms with Gasteiger partial charge in [0.15, 0.2) is 5.78 Å². The van der Waals surface area contributed by atoms with E-state index in [1.165, 1.54) is 35.7 Å². The lowest BCUT2D eigenvalue weighted by molar-refractivity contribution is 0.102. The number of methoxy groups -OCH3 is 1. The van der Waals surface area contributed by atoms with Gasteiger partial charge in [0, 0.05) is 34.8 Å². The van der Waals surface area contributed by atoms with E-state index in [1.807, 2.05) is 0 Å². The molecule has 1 fully saturated rings. The number of piperidine rings is 1.